The summed E-state index contributed by atoms with van der Waals surface area (Å²) < 4.78 is 4.33. The largest absolute Gasteiger partial charge is 0.402 e. The van der Waals surface area contributed by atoms with Crippen molar-refractivity contribution in [1.82, 2.24) is 14.4 Å². The van der Waals surface area contributed by atoms with Crippen molar-refractivity contribution in [3.8, 4) is 0 Å². The smallest absolute Gasteiger partial charge is 0.270 e. The first-order valence-electron chi connectivity index (χ1n) is 10.7. The highest BCUT2D eigenvalue weighted by Crippen LogP contribution is 2.38. The second kappa shape index (κ2) is 6.79. The van der Waals surface area contributed by atoms with Crippen molar-refractivity contribution in [3.05, 3.63) is 46.8 Å². The van der Waals surface area contributed by atoms with Crippen LogP contribution in [-0.2, 0) is 11.3 Å². The molecule has 3 heterocycles. The first-order chi connectivity index (χ1) is 14.4. The highest BCUT2D eigenvalue weighted by Gasteiger charge is 2.54. The minimum Gasteiger partial charge on any atom is -0.270 e. The van der Waals surface area contributed by atoms with Crippen LogP contribution in [0.1, 0.15) is 60.3 Å². The number of hydrogen-bond acceptors (Lipinski definition) is 3. The third-order valence-corrected chi connectivity index (χ3v) is 6.91. The van der Waals surface area contributed by atoms with Crippen molar-refractivity contribution in [3.63, 3.8) is 0 Å². The van der Waals surface area contributed by atoms with Crippen molar-refractivity contribution in [2.45, 2.75) is 65.1 Å². The summed E-state index contributed by atoms with van der Waals surface area (Å²) in [5, 5.41) is 0. The zero-order valence-electron chi connectivity index (χ0n) is 18.1. The van der Waals surface area contributed by atoms with Gasteiger partial charge in [0.25, 0.3) is 5.91 Å². The van der Waals surface area contributed by atoms with Crippen LogP contribution in [0.2, 0.25) is 0 Å². The molecule has 1 unspecified atom stereocenters. The predicted octanol–water partition coefficient (Wildman–Crippen LogP) is 3.49. The number of imidazole rings is 1. The topological polar surface area (TPSA) is 61.8 Å². The van der Waals surface area contributed by atoms with Crippen molar-refractivity contribution in [2.24, 2.45) is 4.99 Å². The van der Waals surface area contributed by atoms with Gasteiger partial charge in [-0.3, -0.25) is 14.6 Å². The molecule has 2 aromatic rings. The Morgan fingerprint density at radius 3 is 2.40 bits per heavy atom. The van der Waals surface area contributed by atoms with Crippen molar-refractivity contribution < 1.29 is 14.2 Å². The number of imide groups is 1. The van der Waals surface area contributed by atoms with Crippen LogP contribution in [0.4, 0.5) is 10.7 Å². The van der Waals surface area contributed by atoms with Gasteiger partial charge in [0.15, 0.2) is 0 Å². The molecule has 30 heavy (non-hydrogen) atoms. The number of urea groups is 1. The summed E-state index contributed by atoms with van der Waals surface area (Å²) in [6, 6.07) is 7.48. The number of carbonyl (C=O) groups is 2. The van der Waals surface area contributed by atoms with Crippen molar-refractivity contribution >= 4 is 23.7 Å². The average molecular weight is 407 g/mol. The van der Waals surface area contributed by atoms with E-state index >= 15 is 0 Å². The summed E-state index contributed by atoms with van der Waals surface area (Å²) in [5.41, 5.74) is 4.30. The van der Waals surface area contributed by atoms with Gasteiger partial charge < -0.3 is 0 Å². The van der Waals surface area contributed by atoms with E-state index in [0.29, 0.717) is 11.9 Å². The summed E-state index contributed by atoms with van der Waals surface area (Å²) in [6.45, 7) is 6.45. The van der Waals surface area contributed by atoms with Crippen LogP contribution in [0.5, 0.6) is 0 Å². The van der Waals surface area contributed by atoms with Crippen LogP contribution in [0, 0.1) is 20.8 Å². The van der Waals surface area contributed by atoms with Gasteiger partial charge in [-0.2, -0.15) is 0 Å². The van der Waals surface area contributed by atoms with Crippen LogP contribution >= 0.6 is 0 Å². The quantitative estimate of drug-likeness (QED) is 0.733. The normalized spacial score (nSPS) is 21.3. The number of aliphatic imine (C=N–C) groups is 1. The lowest BCUT2D eigenvalue weighted by Crippen LogP contribution is -2.63. The number of amides is 3. The summed E-state index contributed by atoms with van der Waals surface area (Å²) in [5.74, 6) is 1.14. The van der Waals surface area contributed by atoms with E-state index in [1.54, 1.807) is 11.9 Å². The summed E-state index contributed by atoms with van der Waals surface area (Å²) in [6.07, 6.45) is 4.73. The minimum atomic E-state index is -0.575. The van der Waals surface area contributed by atoms with Gasteiger partial charge in [-0.15, -0.1) is 0 Å². The SMILES string of the molecule is Cc1ccc(CN2C(=O)C3C(=Nc4n(C5CCCC5)c(C)c(C)[n+]43)N(C)C2=O)cc1. The first kappa shape index (κ1) is 19.0. The maximum Gasteiger partial charge on any atom is 0.402 e. The van der Waals surface area contributed by atoms with E-state index in [4.69, 9.17) is 4.99 Å². The van der Waals surface area contributed by atoms with E-state index in [-0.39, 0.29) is 18.5 Å². The molecule has 156 valence electrons. The zero-order valence-corrected chi connectivity index (χ0v) is 18.1. The molecule has 1 atom stereocenters. The van der Waals surface area contributed by atoms with Gasteiger partial charge in [-0.05, 0) is 52.0 Å². The fraction of sp³-hybridized carbons (Fsp3) is 0.478. The number of carbonyl (C=O) groups excluding carboxylic acids is 2. The highest BCUT2D eigenvalue weighted by molar-refractivity contribution is 6.19. The fourth-order valence-corrected chi connectivity index (χ4v) is 5.08. The third-order valence-electron chi connectivity index (χ3n) is 6.91. The van der Waals surface area contributed by atoms with Gasteiger partial charge >= 0.3 is 12.0 Å². The Kier molecular flexibility index (Phi) is 4.31. The molecule has 7 heteroatoms. The second-order valence-corrected chi connectivity index (χ2v) is 8.77. The number of nitrogens with zero attached hydrogens (tertiary/aromatic N) is 5. The maximum atomic E-state index is 13.6. The lowest BCUT2D eigenvalue weighted by atomic mass is 10.1. The fourth-order valence-electron chi connectivity index (χ4n) is 5.08. The number of aromatic nitrogens is 2. The zero-order chi connectivity index (χ0) is 21.2. The van der Waals surface area contributed by atoms with Gasteiger partial charge in [0.05, 0.1) is 12.6 Å². The van der Waals surface area contributed by atoms with Gasteiger partial charge in [0.1, 0.15) is 11.4 Å². The molecule has 5 rings (SSSR count). The van der Waals surface area contributed by atoms with E-state index in [9.17, 15) is 9.59 Å². The van der Waals surface area contributed by atoms with E-state index in [1.165, 1.54) is 17.7 Å². The van der Waals surface area contributed by atoms with Crippen LogP contribution in [-0.4, -0.2) is 39.2 Å². The molecule has 0 spiro atoms. The molecule has 3 amide bonds. The van der Waals surface area contributed by atoms with Gasteiger partial charge in [0.2, 0.25) is 11.9 Å². The molecule has 1 saturated carbocycles. The molecule has 0 radical (unpaired) electrons. The lowest BCUT2D eigenvalue weighted by molar-refractivity contribution is -0.683. The monoisotopic (exact) mass is 406 g/mol. The summed E-state index contributed by atoms with van der Waals surface area (Å²) in [7, 11) is 1.72. The lowest BCUT2D eigenvalue weighted by Gasteiger charge is -2.33. The molecule has 1 aromatic carbocycles. The third kappa shape index (κ3) is 2.64. The second-order valence-electron chi connectivity index (χ2n) is 8.77. The predicted molar refractivity (Wildman–Crippen MR) is 113 cm³/mol. The van der Waals surface area contributed by atoms with Crippen LogP contribution in [0.25, 0.3) is 0 Å². The Morgan fingerprint density at radius 1 is 1.07 bits per heavy atom. The Bertz CT molecular complexity index is 1080. The Labute approximate surface area is 176 Å². The number of hydrogen-bond donors (Lipinski definition) is 0. The summed E-state index contributed by atoms with van der Waals surface area (Å²) >= 11 is 0. The van der Waals surface area contributed by atoms with Gasteiger partial charge in [-0.1, -0.05) is 34.8 Å². The standard InChI is InChI=1S/C23H28N5O2/c1-14-9-11-17(12-10-14)13-26-21(29)19-20(25(4)23(26)30)24-22-27(18-7-5-6-8-18)15(2)16(3)28(19)22/h9-12,18-19H,5-8,13H2,1-4H3/q+1. The Balaban J connectivity index is 1.55. The molecular weight excluding hydrogens is 378 g/mol. The van der Waals surface area contributed by atoms with Crippen LogP contribution < -0.4 is 4.57 Å². The molecular formula is C23H28N5O2+. The first-order valence-corrected chi connectivity index (χ1v) is 10.7. The Morgan fingerprint density at radius 2 is 1.73 bits per heavy atom. The minimum absolute atomic E-state index is 0.201. The number of amidine groups is 1. The van der Waals surface area contributed by atoms with Crippen LogP contribution in [0.15, 0.2) is 29.3 Å². The summed E-state index contributed by atoms with van der Waals surface area (Å²) in [4.78, 5) is 34.3. The van der Waals surface area contributed by atoms with E-state index in [0.717, 1.165) is 41.3 Å². The molecule has 2 aliphatic heterocycles. The van der Waals surface area contributed by atoms with Crippen LogP contribution in [0.3, 0.4) is 0 Å². The van der Waals surface area contributed by atoms with Crippen molar-refractivity contribution in [2.75, 3.05) is 7.05 Å². The van der Waals surface area contributed by atoms with E-state index < -0.39 is 6.04 Å². The molecule has 1 aromatic heterocycles. The molecule has 0 N–H and O–H groups in total. The molecule has 0 bridgehead atoms. The molecule has 3 aliphatic rings. The average Bonchev–Trinajstić information content (AvgIpc) is 3.43. The number of fused-ring (bicyclic) bond motifs is 3. The maximum absolute atomic E-state index is 13.6. The number of likely N-dealkylation sites (N-methyl/N-ethyl adjacent to an activating group) is 1. The van der Waals surface area contributed by atoms with E-state index in [2.05, 4.69) is 18.4 Å². The Hall–Kier alpha value is -2.96. The van der Waals surface area contributed by atoms with E-state index in [1.807, 2.05) is 35.8 Å². The molecule has 1 aliphatic carbocycles. The van der Waals surface area contributed by atoms with Gasteiger partial charge in [-0.25, -0.2) is 13.9 Å². The number of benzene rings is 1. The molecule has 2 fully saturated rings. The number of rotatable bonds is 3. The van der Waals surface area contributed by atoms with Crippen molar-refractivity contribution in [1.29, 1.82) is 0 Å². The number of aryl methyl sites for hydroxylation is 1. The highest BCUT2D eigenvalue weighted by atomic mass is 16.2. The molecule has 1 saturated heterocycles. The van der Waals surface area contributed by atoms with Gasteiger partial charge in [0, 0.05) is 7.05 Å². The molecule has 7 nitrogen and oxygen atoms in total.